The minimum absolute atomic E-state index is 0.0334. The number of rotatable bonds is 4. The highest BCUT2D eigenvalue weighted by Gasteiger charge is 2.17. The van der Waals surface area contributed by atoms with E-state index in [0.717, 1.165) is 17.7 Å². The summed E-state index contributed by atoms with van der Waals surface area (Å²) >= 11 is 0. The Morgan fingerprint density at radius 2 is 2.25 bits per heavy atom. The maximum atomic E-state index is 10.7. The molecule has 0 fully saturated rings. The molecule has 1 aliphatic heterocycles. The Balaban J connectivity index is 2.03. The maximum Gasteiger partial charge on any atom is 0.235 e. The van der Waals surface area contributed by atoms with Gasteiger partial charge in [0.2, 0.25) is 9.05 Å². The number of fused-ring (bicyclic) bond motifs is 1. The zero-order valence-electron chi connectivity index (χ0n) is 8.48. The zero-order valence-corrected chi connectivity index (χ0v) is 10.1. The zero-order chi connectivity index (χ0) is 11.6. The fraction of sp³-hybridized carbons (Fsp3) is 0.400. The first-order chi connectivity index (χ1) is 7.56. The number of hydrogen-bond donors (Lipinski definition) is 0. The van der Waals surface area contributed by atoms with E-state index in [2.05, 4.69) is 0 Å². The van der Waals surface area contributed by atoms with Gasteiger partial charge in [-0.1, -0.05) is 12.1 Å². The molecule has 2 rings (SSSR count). The second kappa shape index (κ2) is 4.51. The lowest BCUT2D eigenvalue weighted by Gasteiger charge is -2.08. The van der Waals surface area contributed by atoms with E-state index in [4.69, 9.17) is 20.2 Å². The molecule has 1 aliphatic rings. The van der Waals surface area contributed by atoms with E-state index >= 15 is 0 Å². The molecule has 0 bridgehead atoms. The third kappa shape index (κ3) is 2.80. The fourth-order valence-electron chi connectivity index (χ4n) is 1.55. The molecule has 0 atom stereocenters. The molecule has 6 heteroatoms. The lowest BCUT2D eigenvalue weighted by atomic mass is 10.1. The maximum absolute atomic E-state index is 10.7. The molecule has 1 aromatic carbocycles. The molecule has 0 amide bonds. The first kappa shape index (κ1) is 11.5. The number of hydrogen-bond acceptors (Lipinski definition) is 4. The van der Waals surface area contributed by atoms with Gasteiger partial charge in [-0.15, -0.1) is 0 Å². The second-order valence-corrected chi connectivity index (χ2v) is 6.33. The lowest BCUT2D eigenvalue weighted by Crippen LogP contribution is -2.09. The predicted octanol–water partition coefficient (Wildman–Crippen LogP) is 1.57. The van der Waals surface area contributed by atoms with E-state index < -0.39 is 9.05 Å². The average molecular weight is 263 g/mol. The molecule has 1 heterocycles. The van der Waals surface area contributed by atoms with Gasteiger partial charge in [-0.25, -0.2) is 8.42 Å². The van der Waals surface area contributed by atoms with E-state index in [0.29, 0.717) is 12.4 Å². The molecular weight excluding hydrogens is 252 g/mol. The molecule has 0 radical (unpaired) electrons. The van der Waals surface area contributed by atoms with E-state index in [1.54, 1.807) is 6.07 Å². The van der Waals surface area contributed by atoms with Crippen molar-refractivity contribution in [2.75, 3.05) is 19.0 Å². The van der Waals surface area contributed by atoms with Crippen molar-refractivity contribution in [1.82, 2.24) is 0 Å². The van der Waals surface area contributed by atoms with Crippen molar-refractivity contribution >= 4 is 19.7 Å². The van der Waals surface area contributed by atoms with E-state index in [1.807, 2.05) is 12.1 Å². The standard InChI is InChI=1S/C10H11ClO4S/c11-16(12,13)7-6-14-9-3-1-2-8-4-5-15-10(8)9/h1-3H,4-7H2. The largest absolute Gasteiger partial charge is 0.489 e. The Kier molecular flexibility index (Phi) is 3.25. The Labute approximate surface area is 98.5 Å². The van der Waals surface area contributed by atoms with Gasteiger partial charge in [-0.2, -0.15) is 0 Å². The highest BCUT2D eigenvalue weighted by atomic mass is 35.7. The summed E-state index contributed by atoms with van der Waals surface area (Å²) < 4.78 is 32.2. The van der Waals surface area contributed by atoms with Crippen molar-refractivity contribution in [3.05, 3.63) is 23.8 Å². The van der Waals surface area contributed by atoms with Gasteiger partial charge in [-0.05, 0) is 6.07 Å². The monoisotopic (exact) mass is 262 g/mol. The van der Waals surface area contributed by atoms with Crippen LogP contribution in [0.5, 0.6) is 11.5 Å². The summed E-state index contributed by atoms with van der Waals surface area (Å²) in [7, 11) is 1.58. The molecule has 0 unspecified atom stereocenters. The number of para-hydroxylation sites is 1. The minimum Gasteiger partial charge on any atom is -0.489 e. The fourth-order valence-corrected chi connectivity index (χ4v) is 2.02. The van der Waals surface area contributed by atoms with Gasteiger partial charge in [0.05, 0.1) is 12.4 Å². The normalized spacial score (nSPS) is 14.3. The van der Waals surface area contributed by atoms with Crippen LogP contribution in [0.2, 0.25) is 0 Å². The van der Waals surface area contributed by atoms with Crippen LogP contribution < -0.4 is 9.47 Å². The minimum atomic E-state index is -3.50. The van der Waals surface area contributed by atoms with Crippen LogP contribution in [0.1, 0.15) is 5.56 Å². The van der Waals surface area contributed by atoms with Crippen molar-refractivity contribution in [1.29, 1.82) is 0 Å². The van der Waals surface area contributed by atoms with Gasteiger partial charge in [-0.3, -0.25) is 0 Å². The quantitative estimate of drug-likeness (QED) is 0.773. The lowest BCUT2D eigenvalue weighted by molar-refractivity contribution is 0.299. The number of halogens is 1. The Bertz CT molecular complexity index is 484. The van der Waals surface area contributed by atoms with Crippen molar-refractivity contribution < 1.29 is 17.9 Å². The van der Waals surface area contributed by atoms with Gasteiger partial charge in [0, 0.05) is 22.7 Å². The van der Waals surface area contributed by atoms with Crippen molar-refractivity contribution in [3.8, 4) is 11.5 Å². The third-order valence-corrected chi connectivity index (χ3v) is 3.38. The van der Waals surface area contributed by atoms with Gasteiger partial charge in [0.15, 0.2) is 11.5 Å². The molecule has 1 aromatic rings. The number of benzene rings is 1. The van der Waals surface area contributed by atoms with Crippen LogP contribution in [0.3, 0.4) is 0 Å². The molecule has 0 aromatic heterocycles. The molecule has 0 saturated heterocycles. The van der Waals surface area contributed by atoms with Crippen molar-refractivity contribution in [3.63, 3.8) is 0 Å². The number of ether oxygens (including phenoxy) is 2. The predicted molar refractivity (Wildman–Crippen MR) is 60.8 cm³/mol. The summed E-state index contributed by atoms with van der Waals surface area (Å²) in [5.74, 6) is 1.09. The second-order valence-electron chi connectivity index (χ2n) is 3.43. The van der Waals surface area contributed by atoms with Crippen LogP contribution in [0, 0.1) is 0 Å². The SMILES string of the molecule is O=S(=O)(Cl)CCOc1cccc2c1OCC2. The smallest absolute Gasteiger partial charge is 0.235 e. The van der Waals surface area contributed by atoms with E-state index in [-0.39, 0.29) is 12.4 Å². The van der Waals surface area contributed by atoms with Crippen molar-refractivity contribution in [2.45, 2.75) is 6.42 Å². The van der Waals surface area contributed by atoms with Crippen molar-refractivity contribution in [2.24, 2.45) is 0 Å². The highest BCUT2D eigenvalue weighted by Crippen LogP contribution is 2.35. The van der Waals surface area contributed by atoms with Crippen LogP contribution in [-0.2, 0) is 15.5 Å². The molecule has 0 spiro atoms. The van der Waals surface area contributed by atoms with Crippen LogP contribution in [0.25, 0.3) is 0 Å². The first-order valence-electron chi connectivity index (χ1n) is 4.86. The summed E-state index contributed by atoms with van der Waals surface area (Å²) in [6.45, 7) is 0.676. The van der Waals surface area contributed by atoms with Crippen LogP contribution >= 0.6 is 10.7 Å². The Hall–Kier alpha value is -0.940. The summed E-state index contributed by atoms with van der Waals surface area (Å²) in [6.07, 6.45) is 0.861. The van der Waals surface area contributed by atoms with Crippen LogP contribution in [0.15, 0.2) is 18.2 Å². The summed E-state index contributed by atoms with van der Waals surface area (Å²) in [5.41, 5.74) is 1.09. The molecular formula is C10H11ClO4S. The van der Waals surface area contributed by atoms with Gasteiger partial charge < -0.3 is 9.47 Å². The van der Waals surface area contributed by atoms with Gasteiger partial charge in [0.25, 0.3) is 0 Å². The summed E-state index contributed by atoms with van der Waals surface area (Å²) in [6, 6.07) is 5.58. The highest BCUT2D eigenvalue weighted by molar-refractivity contribution is 8.13. The molecule has 16 heavy (non-hydrogen) atoms. The van der Waals surface area contributed by atoms with Crippen LogP contribution in [-0.4, -0.2) is 27.4 Å². The molecule has 4 nitrogen and oxygen atoms in total. The van der Waals surface area contributed by atoms with Crippen LogP contribution in [0.4, 0.5) is 0 Å². The Morgan fingerprint density at radius 3 is 3.00 bits per heavy atom. The molecule has 88 valence electrons. The van der Waals surface area contributed by atoms with E-state index in [1.165, 1.54) is 0 Å². The van der Waals surface area contributed by atoms with Gasteiger partial charge >= 0.3 is 0 Å². The van der Waals surface area contributed by atoms with E-state index in [9.17, 15) is 8.42 Å². The molecule has 0 N–H and O–H groups in total. The molecule has 0 aliphatic carbocycles. The summed E-state index contributed by atoms with van der Waals surface area (Å²) in [4.78, 5) is 0. The topological polar surface area (TPSA) is 52.6 Å². The first-order valence-corrected chi connectivity index (χ1v) is 7.34. The molecule has 0 saturated carbocycles. The Morgan fingerprint density at radius 1 is 1.44 bits per heavy atom. The van der Waals surface area contributed by atoms with Gasteiger partial charge in [0.1, 0.15) is 6.61 Å². The summed E-state index contributed by atoms with van der Waals surface area (Å²) in [5, 5.41) is 0. The third-order valence-electron chi connectivity index (χ3n) is 2.26. The average Bonchev–Trinajstić information content (AvgIpc) is 2.64.